The fraction of sp³-hybridized carbons (Fsp3) is 0.321. The van der Waals surface area contributed by atoms with E-state index in [2.05, 4.69) is 5.32 Å². The van der Waals surface area contributed by atoms with Crippen LogP contribution in [0.15, 0.2) is 71.3 Å². The average Bonchev–Trinajstić information content (AvgIpc) is 3.66. The molecule has 1 unspecified atom stereocenters. The molecule has 2 aliphatic rings. The minimum atomic E-state index is -3.73. The second-order valence-electron chi connectivity index (χ2n) is 9.27. The van der Waals surface area contributed by atoms with E-state index in [-0.39, 0.29) is 29.7 Å². The van der Waals surface area contributed by atoms with Crippen LogP contribution in [-0.2, 0) is 24.3 Å². The van der Waals surface area contributed by atoms with Gasteiger partial charge in [0.25, 0.3) is 5.91 Å². The summed E-state index contributed by atoms with van der Waals surface area (Å²) < 4.78 is 40.5. The molecule has 202 valence electrons. The number of aromatic nitrogens is 2. The molecule has 5 rings (SSSR count). The molecule has 1 N–H and O–H groups in total. The molecule has 1 amide bonds. The highest BCUT2D eigenvalue weighted by molar-refractivity contribution is 7.89. The molecule has 3 aromatic rings. The van der Waals surface area contributed by atoms with Crippen LogP contribution < -0.4 is 5.32 Å². The second-order valence-corrected chi connectivity index (χ2v) is 11.2. The van der Waals surface area contributed by atoms with Gasteiger partial charge in [-0.15, -0.1) is 0 Å². The molecule has 2 saturated heterocycles. The number of nitrogens with zero attached hydrogens (tertiary/aromatic N) is 4. The Kier molecular flexibility index (Phi) is 8.18. The number of rotatable bonds is 8. The van der Waals surface area contributed by atoms with Crippen LogP contribution in [-0.4, -0.2) is 74.0 Å². The smallest absolute Gasteiger partial charge is 0.262 e. The topological polar surface area (TPSA) is 127 Å². The van der Waals surface area contributed by atoms with Gasteiger partial charge in [-0.1, -0.05) is 30.3 Å². The number of nitriles is 1. The van der Waals surface area contributed by atoms with Gasteiger partial charge in [-0.05, 0) is 43.2 Å². The lowest BCUT2D eigenvalue weighted by Gasteiger charge is -2.26. The normalized spacial score (nSPS) is 18.5. The van der Waals surface area contributed by atoms with Crippen molar-refractivity contribution in [2.24, 2.45) is 0 Å². The van der Waals surface area contributed by atoms with Crippen molar-refractivity contribution in [3.8, 4) is 23.0 Å². The first kappa shape index (κ1) is 26.8. The van der Waals surface area contributed by atoms with Crippen molar-refractivity contribution < 1.29 is 22.7 Å². The molecule has 1 atom stereocenters. The molecule has 39 heavy (non-hydrogen) atoms. The molecule has 10 nitrogen and oxygen atoms in total. The van der Waals surface area contributed by atoms with Crippen LogP contribution in [0.3, 0.4) is 0 Å². The van der Waals surface area contributed by atoms with E-state index in [0.29, 0.717) is 43.2 Å². The van der Waals surface area contributed by atoms with Gasteiger partial charge >= 0.3 is 0 Å². The Hall–Kier alpha value is -3.82. The predicted molar refractivity (Wildman–Crippen MR) is 144 cm³/mol. The van der Waals surface area contributed by atoms with E-state index >= 15 is 0 Å². The SMILES string of the molecule is N#CC(=Cc1cn(-c2ccccc2)nc1-c1cccc(S(=O)(=O)N2CCOCC2)c1)C(=O)NCC1CCCO1. The van der Waals surface area contributed by atoms with E-state index in [0.717, 1.165) is 18.5 Å². The second kappa shape index (κ2) is 11.9. The quantitative estimate of drug-likeness (QED) is 0.339. The Morgan fingerprint density at radius 3 is 2.64 bits per heavy atom. The number of ether oxygens (including phenoxy) is 2. The number of nitrogens with one attached hydrogen (secondary N) is 1. The number of hydrogen-bond acceptors (Lipinski definition) is 7. The first-order valence-corrected chi connectivity index (χ1v) is 14.2. The van der Waals surface area contributed by atoms with Crippen LogP contribution in [0.5, 0.6) is 0 Å². The molecule has 2 aromatic carbocycles. The fourth-order valence-electron chi connectivity index (χ4n) is 4.58. The summed E-state index contributed by atoms with van der Waals surface area (Å²) >= 11 is 0. The highest BCUT2D eigenvalue weighted by Gasteiger charge is 2.27. The molecule has 1 aromatic heterocycles. The summed E-state index contributed by atoms with van der Waals surface area (Å²) in [6.07, 6.45) is 4.96. The molecule has 3 heterocycles. The summed E-state index contributed by atoms with van der Waals surface area (Å²) in [4.78, 5) is 13.0. The molecule has 11 heteroatoms. The van der Waals surface area contributed by atoms with Gasteiger partial charge in [0.15, 0.2) is 0 Å². The van der Waals surface area contributed by atoms with E-state index in [1.54, 1.807) is 35.1 Å². The van der Waals surface area contributed by atoms with E-state index < -0.39 is 15.9 Å². The number of para-hydroxylation sites is 1. The Balaban J connectivity index is 1.51. The molecular weight excluding hydrogens is 518 g/mol. The zero-order valence-electron chi connectivity index (χ0n) is 21.3. The minimum absolute atomic E-state index is 0.0542. The Labute approximate surface area is 227 Å². The Bertz CT molecular complexity index is 1500. The number of amides is 1. The van der Waals surface area contributed by atoms with Crippen LogP contribution in [0.25, 0.3) is 23.0 Å². The number of carbonyl (C=O) groups excluding carboxylic acids is 1. The van der Waals surface area contributed by atoms with E-state index in [4.69, 9.17) is 14.6 Å². The summed E-state index contributed by atoms with van der Waals surface area (Å²) in [5.74, 6) is -0.505. The maximum Gasteiger partial charge on any atom is 0.262 e. The van der Waals surface area contributed by atoms with E-state index in [1.165, 1.54) is 10.4 Å². The zero-order chi connectivity index (χ0) is 27.2. The molecule has 0 aliphatic carbocycles. The third kappa shape index (κ3) is 6.10. The fourth-order valence-corrected chi connectivity index (χ4v) is 6.04. The highest BCUT2D eigenvalue weighted by atomic mass is 32.2. The van der Waals surface area contributed by atoms with Crippen LogP contribution in [0.4, 0.5) is 0 Å². The third-order valence-electron chi connectivity index (χ3n) is 6.66. The maximum atomic E-state index is 13.3. The Morgan fingerprint density at radius 2 is 1.92 bits per heavy atom. The third-order valence-corrected chi connectivity index (χ3v) is 8.55. The summed E-state index contributed by atoms with van der Waals surface area (Å²) in [5, 5.41) is 17.3. The molecule has 0 spiro atoms. The lowest BCUT2D eigenvalue weighted by atomic mass is 10.1. The number of sulfonamides is 1. The van der Waals surface area contributed by atoms with Crippen molar-refractivity contribution >= 4 is 22.0 Å². The van der Waals surface area contributed by atoms with Gasteiger partial charge in [0.1, 0.15) is 17.3 Å². The van der Waals surface area contributed by atoms with Crippen LogP contribution in [0.2, 0.25) is 0 Å². The summed E-state index contributed by atoms with van der Waals surface area (Å²) in [6, 6.07) is 17.9. The van der Waals surface area contributed by atoms with Gasteiger partial charge in [0, 0.05) is 43.6 Å². The zero-order valence-corrected chi connectivity index (χ0v) is 22.1. The standard InChI is InChI=1S/C28H29N5O5S/c29-18-22(28(34)30-19-25-9-5-13-38-25)16-23-20-33(24-7-2-1-3-8-24)31-27(23)21-6-4-10-26(17-21)39(35,36)32-11-14-37-15-12-32/h1-4,6-8,10,16-17,20,25H,5,9,11-15,19H2,(H,30,34). The monoisotopic (exact) mass is 547 g/mol. The van der Waals surface area contributed by atoms with Crippen molar-refractivity contribution in [1.82, 2.24) is 19.4 Å². The summed E-state index contributed by atoms with van der Waals surface area (Å²) in [7, 11) is -3.73. The van der Waals surface area contributed by atoms with Gasteiger partial charge in [-0.2, -0.15) is 14.7 Å². The molecule has 0 bridgehead atoms. The number of benzene rings is 2. The molecule has 0 saturated carbocycles. The van der Waals surface area contributed by atoms with Crippen molar-refractivity contribution in [1.29, 1.82) is 5.26 Å². The van der Waals surface area contributed by atoms with E-state index in [9.17, 15) is 18.5 Å². The van der Waals surface area contributed by atoms with Crippen molar-refractivity contribution in [2.45, 2.75) is 23.8 Å². The first-order valence-electron chi connectivity index (χ1n) is 12.8. The maximum absolute atomic E-state index is 13.3. The molecular formula is C28H29N5O5S. The van der Waals surface area contributed by atoms with Crippen molar-refractivity contribution in [3.05, 3.63) is 71.9 Å². The number of hydrogen-bond donors (Lipinski definition) is 1. The van der Waals surface area contributed by atoms with Crippen molar-refractivity contribution in [2.75, 3.05) is 39.5 Å². The van der Waals surface area contributed by atoms with Gasteiger partial charge in [-0.3, -0.25) is 4.79 Å². The van der Waals surface area contributed by atoms with E-state index in [1.807, 2.05) is 36.4 Å². The van der Waals surface area contributed by atoms with Crippen LogP contribution >= 0.6 is 0 Å². The van der Waals surface area contributed by atoms with Gasteiger partial charge < -0.3 is 14.8 Å². The van der Waals surface area contributed by atoms with Crippen LogP contribution in [0.1, 0.15) is 18.4 Å². The largest absolute Gasteiger partial charge is 0.379 e. The van der Waals surface area contributed by atoms with Gasteiger partial charge in [0.2, 0.25) is 10.0 Å². The van der Waals surface area contributed by atoms with Gasteiger partial charge in [0.05, 0.1) is 29.9 Å². The minimum Gasteiger partial charge on any atom is -0.379 e. The summed E-state index contributed by atoms with van der Waals surface area (Å²) in [5.41, 5.74) is 2.18. The lowest BCUT2D eigenvalue weighted by molar-refractivity contribution is -0.117. The van der Waals surface area contributed by atoms with Crippen molar-refractivity contribution in [3.63, 3.8) is 0 Å². The predicted octanol–water partition coefficient (Wildman–Crippen LogP) is 2.76. The molecule has 2 aliphatic heterocycles. The summed E-state index contributed by atoms with van der Waals surface area (Å²) in [6.45, 7) is 2.27. The highest BCUT2D eigenvalue weighted by Crippen LogP contribution is 2.29. The van der Waals surface area contributed by atoms with Gasteiger partial charge in [-0.25, -0.2) is 13.1 Å². The number of carbonyl (C=O) groups is 1. The Morgan fingerprint density at radius 1 is 1.13 bits per heavy atom. The molecule has 2 fully saturated rings. The number of morpholine rings is 1. The molecule has 0 radical (unpaired) electrons. The average molecular weight is 548 g/mol. The first-order chi connectivity index (χ1) is 19.0. The lowest BCUT2D eigenvalue weighted by Crippen LogP contribution is -2.40. The van der Waals surface area contributed by atoms with Crippen LogP contribution in [0, 0.1) is 11.3 Å².